The molecule has 34 heavy (non-hydrogen) atoms. The number of nitrogens with one attached hydrogen (secondary N) is 1. The molecule has 0 spiro atoms. The molecule has 0 unspecified atom stereocenters. The van der Waals surface area contributed by atoms with Gasteiger partial charge in [-0.05, 0) is 80.3 Å². The van der Waals surface area contributed by atoms with Crippen LogP contribution in [0.25, 0.3) is 11.4 Å². The second-order valence-corrected chi connectivity index (χ2v) is 11.1. The predicted molar refractivity (Wildman–Crippen MR) is 132 cm³/mol. The Balaban J connectivity index is 1.69. The number of hydrogen-bond acceptors (Lipinski definition) is 8. The minimum absolute atomic E-state index is 0.0540. The van der Waals surface area contributed by atoms with Gasteiger partial charge in [0.05, 0.1) is 5.69 Å². The molecule has 0 aliphatic heterocycles. The first kappa shape index (κ1) is 23.8. The van der Waals surface area contributed by atoms with E-state index in [4.69, 9.17) is 4.74 Å². The van der Waals surface area contributed by atoms with E-state index in [1.807, 2.05) is 65.0 Å². The van der Waals surface area contributed by atoms with Gasteiger partial charge in [0.15, 0.2) is 0 Å². The number of benzene rings is 2. The second-order valence-electron chi connectivity index (χ2n) is 8.26. The first-order valence-electron chi connectivity index (χ1n) is 10.7. The number of tetrazole rings is 1. The molecule has 2 heterocycles. The number of hydrogen-bond donors (Lipinski definition) is 1. The summed E-state index contributed by atoms with van der Waals surface area (Å²) in [5.41, 5.74) is 5.30. The van der Waals surface area contributed by atoms with Crippen molar-refractivity contribution in [2.45, 2.75) is 51.6 Å². The molecule has 0 saturated carbocycles. The Kier molecular flexibility index (Phi) is 6.67. The van der Waals surface area contributed by atoms with Gasteiger partial charge in [0.1, 0.15) is 12.4 Å². The summed E-state index contributed by atoms with van der Waals surface area (Å²) in [6.07, 6.45) is 1.49. The lowest BCUT2D eigenvalue weighted by Crippen LogP contribution is -2.37. The number of aryl methyl sites for hydroxylation is 3. The number of sulfonamides is 1. The fraction of sp³-hybridized carbons (Fsp3) is 0.304. The van der Waals surface area contributed by atoms with Crippen LogP contribution in [-0.4, -0.2) is 40.1 Å². The lowest BCUT2D eigenvalue weighted by Gasteiger charge is -2.29. The van der Waals surface area contributed by atoms with Crippen LogP contribution in [0.4, 0.5) is 5.69 Å². The van der Waals surface area contributed by atoms with Crippen molar-refractivity contribution < 1.29 is 13.2 Å². The summed E-state index contributed by atoms with van der Waals surface area (Å²) in [5.74, 6) is 1.02. The molecule has 4 rings (SSSR count). The zero-order valence-electron chi connectivity index (χ0n) is 19.6. The molecule has 178 valence electrons. The molecule has 1 N–H and O–H groups in total. The van der Waals surface area contributed by atoms with Gasteiger partial charge < -0.3 is 4.74 Å². The summed E-state index contributed by atoms with van der Waals surface area (Å²) in [7, 11) is -3.85. The first-order chi connectivity index (χ1) is 16.2. The van der Waals surface area contributed by atoms with Crippen molar-refractivity contribution in [1.29, 1.82) is 0 Å². The fourth-order valence-electron chi connectivity index (χ4n) is 3.61. The van der Waals surface area contributed by atoms with Crippen molar-refractivity contribution in [3.05, 3.63) is 64.2 Å². The number of thiazole rings is 1. The van der Waals surface area contributed by atoms with Gasteiger partial charge in [-0.15, -0.1) is 21.5 Å². The maximum Gasteiger partial charge on any atom is 0.292 e. The van der Waals surface area contributed by atoms with Crippen molar-refractivity contribution in [3.63, 3.8) is 0 Å². The van der Waals surface area contributed by atoms with E-state index in [-0.39, 0.29) is 17.0 Å². The predicted octanol–water partition coefficient (Wildman–Crippen LogP) is 4.43. The Labute approximate surface area is 202 Å². The number of rotatable bonds is 8. The van der Waals surface area contributed by atoms with E-state index >= 15 is 0 Å². The van der Waals surface area contributed by atoms with Gasteiger partial charge in [0.25, 0.3) is 10.0 Å². The molecule has 0 atom stereocenters. The van der Waals surface area contributed by atoms with Crippen molar-refractivity contribution in [3.8, 4) is 17.1 Å². The minimum Gasteiger partial charge on any atom is -0.487 e. The molecule has 0 bridgehead atoms. The Bertz CT molecular complexity index is 1380. The lowest BCUT2D eigenvalue weighted by molar-refractivity contribution is 0.306. The topological polar surface area (TPSA) is 114 Å². The molecule has 0 aliphatic rings. The summed E-state index contributed by atoms with van der Waals surface area (Å²) < 4.78 is 34.6. The molecular weight excluding hydrogens is 472 g/mol. The molecule has 0 aliphatic carbocycles. The monoisotopic (exact) mass is 498 g/mol. The van der Waals surface area contributed by atoms with Crippen LogP contribution in [0.2, 0.25) is 0 Å². The van der Waals surface area contributed by atoms with Gasteiger partial charge in [0, 0.05) is 23.2 Å². The second kappa shape index (κ2) is 9.51. The summed E-state index contributed by atoms with van der Waals surface area (Å²) >= 11 is 1.10. The van der Waals surface area contributed by atoms with E-state index in [1.165, 1.54) is 10.5 Å². The zero-order chi connectivity index (χ0) is 24.5. The number of nitrogens with zero attached hydrogens (tertiary/aromatic N) is 5. The summed E-state index contributed by atoms with van der Waals surface area (Å²) in [6.45, 7) is 9.87. The molecule has 0 saturated heterocycles. The number of aromatic nitrogens is 5. The highest BCUT2D eigenvalue weighted by Crippen LogP contribution is 2.37. The largest absolute Gasteiger partial charge is 0.487 e. The van der Waals surface area contributed by atoms with Gasteiger partial charge in [-0.1, -0.05) is 12.1 Å². The Morgan fingerprint density at radius 3 is 2.47 bits per heavy atom. The van der Waals surface area contributed by atoms with Crippen LogP contribution in [0.5, 0.6) is 5.75 Å². The van der Waals surface area contributed by atoms with Gasteiger partial charge in [-0.3, -0.25) is 4.31 Å². The van der Waals surface area contributed by atoms with Crippen LogP contribution in [0.15, 0.2) is 46.2 Å². The SMILES string of the molecule is Cc1cc(OCc2ccc(-c3nn[nH]n3)cc2C)c(N(C(C)C)S(=O)(=O)c2nccs2)cc1C. The quantitative estimate of drug-likeness (QED) is 0.382. The smallest absolute Gasteiger partial charge is 0.292 e. The zero-order valence-corrected chi connectivity index (χ0v) is 21.2. The van der Waals surface area contributed by atoms with Crippen molar-refractivity contribution in [2.24, 2.45) is 0 Å². The van der Waals surface area contributed by atoms with Crippen molar-refractivity contribution in [2.75, 3.05) is 4.31 Å². The highest BCUT2D eigenvalue weighted by Gasteiger charge is 2.32. The molecule has 0 amide bonds. The molecule has 0 fully saturated rings. The van der Waals surface area contributed by atoms with Gasteiger partial charge >= 0.3 is 0 Å². The third-order valence-electron chi connectivity index (χ3n) is 5.50. The standard InChI is InChI=1S/C23H26N6O3S2/c1-14(2)29(34(30,31)23-24-8-9-33-23)20-11-15(3)16(4)12-21(20)32-13-19-7-6-18(10-17(19)5)22-25-27-28-26-22/h6-12,14H,13H2,1-5H3,(H,25,26,27,28). The maximum absolute atomic E-state index is 13.5. The number of ether oxygens (including phenoxy) is 1. The highest BCUT2D eigenvalue weighted by molar-refractivity contribution is 7.94. The van der Waals surface area contributed by atoms with Gasteiger partial charge in [-0.25, -0.2) is 4.98 Å². The van der Waals surface area contributed by atoms with Crippen molar-refractivity contribution in [1.82, 2.24) is 25.6 Å². The molecule has 4 aromatic rings. The van der Waals surface area contributed by atoms with Crippen LogP contribution in [-0.2, 0) is 16.6 Å². The number of anilines is 1. The maximum atomic E-state index is 13.5. The normalized spacial score (nSPS) is 11.7. The van der Waals surface area contributed by atoms with E-state index in [1.54, 1.807) is 5.38 Å². The third kappa shape index (κ3) is 4.66. The fourth-order valence-corrected chi connectivity index (χ4v) is 6.18. The molecular formula is C23H26N6O3S2. The first-order valence-corrected chi connectivity index (χ1v) is 13.0. The van der Waals surface area contributed by atoms with E-state index in [2.05, 4.69) is 25.6 Å². The van der Waals surface area contributed by atoms with Crippen LogP contribution in [0.3, 0.4) is 0 Å². The van der Waals surface area contributed by atoms with E-state index in [0.717, 1.165) is 39.2 Å². The van der Waals surface area contributed by atoms with Crippen LogP contribution in [0, 0.1) is 20.8 Å². The summed E-state index contributed by atoms with van der Waals surface area (Å²) in [4.78, 5) is 4.05. The van der Waals surface area contributed by atoms with Crippen LogP contribution in [0.1, 0.15) is 36.1 Å². The summed E-state index contributed by atoms with van der Waals surface area (Å²) in [6, 6.07) is 9.24. The molecule has 11 heteroatoms. The van der Waals surface area contributed by atoms with Crippen LogP contribution < -0.4 is 9.04 Å². The average Bonchev–Trinajstić information content (AvgIpc) is 3.50. The van der Waals surface area contributed by atoms with Crippen LogP contribution >= 0.6 is 11.3 Å². The van der Waals surface area contributed by atoms with Gasteiger partial charge in [0.2, 0.25) is 10.2 Å². The Morgan fingerprint density at radius 2 is 1.85 bits per heavy atom. The molecule has 9 nitrogen and oxygen atoms in total. The Hall–Kier alpha value is -3.31. The van der Waals surface area contributed by atoms with E-state index in [9.17, 15) is 8.42 Å². The molecule has 2 aromatic carbocycles. The third-order valence-corrected chi connectivity index (χ3v) is 8.67. The molecule has 0 radical (unpaired) electrons. The average molecular weight is 499 g/mol. The lowest BCUT2D eigenvalue weighted by atomic mass is 10.1. The van der Waals surface area contributed by atoms with E-state index in [0.29, 0.717) is 17.3 Å². The van der Waals surface area contributed by atoms with E-state index < -0.39 is 10.0 Å². The number of aromatic amines is 1. The van der Waals surface area contributed by atoms with Crippen molar-refractivity contribution >= 4 is 27.0 Å². The minimum atomic E-state index is -3.85. The Morgan fingerprint density at radius 1 is 1.09 bits per heavy atom. The molecule has 2 aromatic heterocycles. The number of H-pyrrole nitrogens is 1. The highest BCUT2D eigenvalue weighted by atomic mass is 32.2. The summed E-state index contributed by atoms with van der Waals surface area (Å²) in [5, 5.41) is 15.7. The van der Waals surface area contributed by atoms with Gasteiger partial charge in [-0.2, -0.15) is 13.6 Å².